The van der Waals surface area contributed by atoms with Crippen molar-refractivity contribution in [3.63, 3.8) is 0 Å². The smallest absolute Gasteiger partial charge is 0.256 e. The third-order valence-electron chi connectivity index (χ3n) is 4.66. The Kier molecular flexibility index (Phi) is 5.00. The van der Waals surface area contributed by atoms with Gasteiger partial charge in [0, 0.05) is 25.9 Å². The second kappa shape index (κ2) is 7.18. The highest BCUT2D eigenvalue weighted by atomic mass is 16.5. The molecular formula is C19H25N3O2. The minimum atomic E-state index is -0.537. The van der Waals surface area contributed by atoms with Crippen LogP contribution in [0.5, 0.6) is 0 Å². The molecule has 2 atom stereocenters. The lowest BCUT2D eigenvalue weighted by molar-refractivity contribution is -0.144. The monoisotopic (exact) mass is 327 g/mol. The zero-order chi connectivity index (χ0) is 17.1. The Morgan fingerprint density at radius 1 is 1.29 bits per heavy atom. The first-order valence-corrected chi connectivity index (χ1v) is 8.49. The minimum Gasteiger partial charge on any atom is -0.367 e. The lowest BCUT2D eigenvalue weighted by atomic mass is 10.0. The first-order valence-electron chi connectivity index (χ1n) is 8.49. The Morgan fingerprint density at radius 3 is 2.67 bits per heavy atom. The molecule has 3 rings (SSSR count). The quantitative estimate of drug-likeness (QED) is 0.867. The van der Waals surface area contributed by atoms with Gasteiger partial charge in [0.1, 0.15) is 0 Å². The molecule has 1 amide bonds. The van der Waals surface area contributed by atoms with E-state index in [-0.39, 0.29) is 11.9 Å². The van der Waals surface area contributed by atoms with Crippen molar-refractivity contribution in [2.24, 2.45) is 0 Å². The largest absolute Gasteiger partial charge is 0.367 e. The predicted octanol–water partition coefficient (Wildman–Crippen LogP) is 3.05. The number of rotatable bonds is 4. The van der Waals surface area contributed by atoms with Crippen LogP contribution < -0.4 is 0 Å². The average Bonchev–Trinajstić information content (AvgIpc) is 2.95. The molecule has 0 unspecified atom stereocenters. The molecule has 1 fully saturated rings. The highest BCUT2D eigenvalue weighted by Crippen LogP contribution is 2.26. The number of methoxy groups -OCH3 is 1. The van der Waals surface area contributed by atoms with Gasteiger partial charge in [0.05, 0.1) is 11.7 Å². The maximum absolute atomic E-state index is 13.0. The van der Waals surface area contributed by atoms with E-state index in [1.54, 1.807) is 7.11 Å². The second-order valence-corrected chi connectivity index (χ2v) is 6.48. The number of likely N-dealkylation sites (tertiary alicyclic amines) is 1. The van der Waals surface area contributed by atoms with E-state index < -0.39 is 6.10 Å². The van der Waals surface area contributed by atoms with Crippen molar-refractivity contribution < 1.29 is 9.53 Å². The molecule has 0 N–H and O–H groups in total. The molecular weight excluding hydrogens is 302 g/mol. The third-order valence-corrected chi connectivity index (χ3v) is 4.66. The number of benzene rings is 1. The summed E-state index contributed by atoms with van der Waals surface area (Å²) in [7, 11) is 1.60. The number of amides is 1. The van der Waals surface area contributed by atoms with Crippen molar-refractivity contribution in [1.82, 2.24) is 14.7 Å². The Morgan fingerprint density at radius 2 is 2.04 bits per heavy atom. The second-order valence-electron chi connectivity index (χ2n) is 6.48. The molecule has 24 heavy (non-hydrogen) atoms. The highest BCUT2D eigenvalue weighted by molar-refractivity contribution is 5.82. The van der Waals surface area contributed by atoms with Crippen LogP contribution in [0.2, 0.25) is 0 Å². The number of ether oxygens (including phenoxy) is 1. The SMILES string of the molecule is CO[C@@H](C(=O)N1CCC[C@@H](n2nc(C)cc2C)C1)c1ccccc1. The van der Waals surface area contributed by atoms with Gasteiger partial charge in [0.2, 0.25) is 0 Å². The van der Waals surface area contributed by atoms with Crippen molar-refractivity contribution in [2.75, 3.05) is 20.2 Å². The normalized spacial score (nSPS) is 19.3. The van der Waals surface area contributed by atoms with Gasteiger partial charge < -0.3 is 9.64 Å². The molecule has 1 aromatic carbocycles. The topological polar surface area (TPSA) is 47.4 Å². The fraction of sp³-hybridized carbons (Fsp3) is 0.474. The highest BCUT2D eigenvalue weighted by Gasteiger charge is 2.31. The molecule has 128 valence electrons. The van der Waals surface area contributed by atoms with Crippen molar-refractivity contribution in [2.45, 2.75) is 38.8 Å². The molecule has 1 aliphatic heterocycles. The number of hydrogen-bond acceptors (Lipinski definition) is 3. The summed E-state index contributed by atoms with van der Waals surface area (Å²) in [6.07, 6.45) is 1.50. The Hall–Kier alpha value is -2.14. The summed E-state index contributed by atoms with van der Waals surface area (Å²) in [6.45, 7) is 5.54. The van der Waals surface area contributed by atoms with Gasteiger partial charge in [0.25, 0.3) is 5.91 Å². The van der Waals surface area contributed by atoms with Crippen LogP contribution in [-0.4, -0.2) is 40.8 Å². The van der Waals surface area contributed by atoms with Gasteiger partial charge in [-0.2, -0.15) is 5.10 Å². The van der Waals surface area contributed by atoms with Gasteiger partial charge in [-0.1, -0.05) is 30.3 Å². The van der Waals surface area contributed by atoms with Gasteiger partial charge in [-0.25, -0.2) is 0 Å². The van der Waals surface area contributed by atoms with Crippen LogP contribution in [-0.2, 0) is 9.53 Å². The van der Waals surface area contributed by atoms with Crippen LogP contribution in [0.3, 0.4) is 0 Å². The van der Waals surface area contributed by atoms with Crippen molar-refractivity contribution in [3.8, 4) is 0 Å². The van der Waals surface area contributed by atoms with E-state index in [9.17, 15) is 4.79 Å². The van der Waals surface area contributed by atoms with Gasteiger partial charge in [-0.05, 0) is 38.3 Å². The van der Waals surface area contributed by atoms with E-state index in [0.29, 0.717) is 6.54 Å². The molecule has 0 spiro atoms. The minimum absolute atomic E-state index is 0.0370. The lowest BCUT2D eigenvalue weighted by Crippen LogP contribution is -2.43. The maximum Gasteiger partial charge on any atom is 0.256 e. The maximum atomic E-state index is 13.0. The van der Waals surface area contributed by atoms with E-state index in [2.05, 4.69) is 22.8 Å². The summed E-state index contributed by atoms with van der Waals surface area (Å²) in [5.74, 6) is 0.0370. The van der Waals surface area contributed by atoms with Gasteiger partial charge in [-0.3, -0.25) is 9.48 Å². The number of aromatic nitrogens is 2. The zero-order valence-corrected chi connectivity index (χ0v) is 14.6. The Bertz CT molecular complexity index is 696. The molecule has 0 bridgehead atoms. The van der Waals surface area contributed by atoms with Crippen molar-refractivity contribution in [3.05, 3.63) is 53.3 Å². The summed E-state index contributed by atoms with van der Waals surface area (Å²) in [5, 5.41) is 4.60. The molecule has 0 saturated carbocycles. The van der Waals surface area contributed by atoms with Gasteiger partial charge in [0.15, 0.2) is 6.10 Å². The lowest BCUT2D eigenvalue weighted by Gasteiger charge is -2.35. The van der Waals surface area contributed by atoms with Crippen molar-refractivity contribution in [1.29, 1.82) is 0 Å². The first-order chi connectivity index (χ1) is 11.6. The number of carbonyl (C=O) groups is 1. The van der Waals surface area contributed by atoms with E-state index in [1.165, 1.54) is 0 Å². The molecule has 1 saturated heterocycles. The first kappa shape index (κ1) is 16.7. The molecule has 5 heteroatoms. The molecule has 1 aliphatic rings. The Balaban J connectivity index is 1.76. The van der Waals surface area contributed by atoms with Crippen LogP contribution >= 0.6 is 0 Å². The van der Waals surface area contributed by atoms with E-state index in [4.69, 9.17) is 4.74 Å². The van der Waals surface area contributed by atoms with Crippen LogP contribution in [0.25, 0.3) is 0 Å². The number of hydrogen-bond donors (Lipinski definition) is 0. The third kappa shape index (κ3) is 3.36. The molecule has 0 aliphatic carbocycles. The summed E-state index contributed by atoms with van der Waals surface area (Å²) in [4.78, 5) is 14.9. The molecule has 0 radical (unpaired) electrons. The van der Waals surface area contributed by atoms with Gasteiger partial charge >= 0.3 is 0 Å². The van der Waals surface area contributed by atoms with E-state index >= 15 is 0 Å². The van der Waals surface area contributed by atoms with Crippen molar-refractivity contribution >= 4 is 5.91 Å². The van der Waals surface area contributed by atoms with Crippen LogP contribution in [0.1, 0.15) is 41.9 Å². The Labute approximate surface area is 143 Å². The van der Waals surface area contributed by atoms with E-state index in [1.807, 2.05) is 42.2 Å². The van der Waals surface area contributed by atoms with Gasteiger partial charge in [-0.15, -0.1) is 0 Å². The summed E-state index contributed by atoms with van der Waals surface area (Å²) in [6, 6.07) is 12.0. The predicted molar refractivity (Wildman–Crippen MR) is 92.7 cm³/mol. The summed E-state index contributed by atoms with van der Waals surface area (Å²) in [5.41, 5.74) is 3.08. The fourth-order valence-corrected chi connectivity index (χ4v) is 3.54. The molecule has 2 aromatic rings. The summed E-state index contributed by atoms with van der Waals surface area (Å²) >= 11 is 0. The standard InChI is InChI=1S/C19H25N3O2/c1-14-12-15(2)22(20-14)17-10-7-11-21(13-17)19(23)18(24-3)16-8-5-4-6-9-16/h4-6,8-9,12,17-18H,7,10-11,13H2,1-3H3/t17-,18-/m1/s1. The molecule has 5 nitrogen and oxygen atoms in total. The molecule has 1 aromatic heterocycles. The number of piperidine rings is 1. The van der Waals surface area contributed by atoms with Crippen LogP contribution in [0.15, 0.2) is 36.4 Å². The van der Waals surface area contributed by atoms with E-state index in [0.717, 1.165) is 36.3 Å². The fourth-order valence-electron chi connectivity index (χ4n) is 3.54. The molecule has 2 heterocycles. The summed E-state index contributed by atoms with van der Waals surface area (Å²) < 4.78 is 7.58. The average molecular weight is 327 g/mol. The number of aryl methyl sites for hydroxylation is 2. The van der Waals surface area contributed by atoms with Crippen LogP contribution in [0.4, 0.5) is 0 Å². The zero-order valence-electron chi connectivity index (χ0n) is 14.6. The van der Waals surface area contributed by atoms with Crippen LogP contribution in [0, 0.1) is 13.8 Å². The number of nitrogens with zero attached hydrogens (tertiary/aromatic N) is 3. The number of carbonyl (C=O) groups excluding carboxylic acids is 1.